The normalized spacial score (nSPS) is 9.14. The summed E-state index contributed by atoms with van der Waals surface area (Å²) in [6, 6.07) is 18.4. The van der Waals surface area contributed by atoms with Crippen molar-refractivity contribution in [2.45, 2.75) is 19.3 Å². The molecule has 0 saturated carbocycles. The van der Waals surface area contributed by atoms with Crippen LogP contribution in [0.4, 0.5) is 0 Å². The Balaban J connectivity index is 0. The molecular weight excluding hydrogens is 270 g/mol. The number of hydrogen-bond acceptors (Lipinski definition) is 2. The summed E-state index contributed by atoms with van der Waals surface area (Å²) in [6.07, 6.45) is 1.44. The molecule has 0 unspecified atom stereocenters. The van der Waals surface area contributed by atoms with E-state index in [1.165, 1.54) is 0 Å². The van der Waals surface area contributed by atoms with Gasteiger partial charge in [-0.05, 0) is 6.42 Å². The van der Waals surface area contributed by atoms with Gasteiger partial charge in [-0.1, -0.05) is 60.7 Å². The maximum atomic E-state index is 11.9. The zero-order valence-electron chi connectivity index (χ0n) is 12.7. The monoisotopic (exact) mass is 290 g/mol. The third-order valence-electron chi connectivity index (χ3n) is 3.00. The Kier molecular flexibility index (Phi) is 10.1. The van der Waals surface area contributed by atoms with E-state index in [-0.39, 0.29) is 49.2 Å². The minimum Gasteiger partial charge on any atom is -1.00 e. The van der Waals surface area contributed by atoms with Crippen molar-refractivity contribution in [1.29, 1.82) is 0 Å². The summed E-state index contributed by atoms with van der Waals surface area (Å²) >= 11 is 0. The molecule has 0 aliphatic carbocycles. The summed E-state index contributed by atoms with van der Waals surface area (Å²) in [5.41, 5.74) is 1.43. The quantitative estimate of drug-likeness (QED) is 0.548. The second kappa shape index (κ2) is 10.6. The fraction of sp³-hybridized carbons (Fsp3) is 0.176. The van der Waals surface area contributed by atoms with Crippen LogP contribution in [0.1, 0.15) is 41.4 Å². The zero-order chi connectivity index (χ0) is 13.5. The predicted octanol–water partition coefficient (Wildman–Crippen LogP) is -0.145. The van der Waals surface area contributed by atoms with Crippen LogP contribution in [0.2, 0.25) is 0 Å². The molecule has 2 aromatic rings. The summed E-state index contributed by atoms with van der Waals surface area (Å²) in [7, 11) is 0. The average Bonchev–Trinajstić information content (AvgIpc) is 2.49. The molecule has 0 fully saturated rings. The van der Waals surface area contributed by atoms with Gasteiger partial charge in [0.2, 0.25) is 0 Å². The summed E-state index contributed by atoms with van der Waals surface area (Å²) in [6.45, 7) is 0. The number of carbonyl (C=O) groups excluding carboxylic acids is 2. The third kappa shape index (κ3) is 6.47. The van der Waals surface area contributed by atoms with Crippen LogP contribution in [-0.4, -0.2) is 28.9 Å². The molecule has 4 heteroatoms. The molecule has 0 aromatic heterocycles. The molecule has 0 heterocycles. The van der Waals surface area contributed by atoms with Crippen molar-refractivity contribution in [3.8, 4) is 0 Å². The Bertz CT molecular complexity index is 510. The van der Waals surface area contributed by atoms with Crippen molar-refractivity contribution in [2.24, 2.45) is 0 Å². The van der Waals surface area contributed by atoms with Crippen molar-refractivity contribution in [1.82, 2.24) is 0 Å². The van der Waals surface area contributed by atoms with Gasteiger partial charge >= 0.3 is 18.9 Å². The molecule has 104 valence electrons. The molecule has 0 aliphatic heterocycles. The van der Waals surface area contributed by atoms with Gasteiger partial charge in [-0.15, -0.1) is 0 Å². The largest absolute Gasteiger partial charge is 1.00 e. The average molecular weight is 290 g/mol. The first-order chi connectivity index (χ1) is 9.27. The number of benzene rings is 2. The minimum absolute atomic E-state index is 0. The maximum Gasteiger partial charge on any atom is 1.00 e. The molecule has 21 heavy (non-hydrogen) atoms. The van der Waals surface area contributed by atoms with E-state index in [2.05, 4.69) is 0 Å². The summed E-state index contributed by atoms with van der Waals surface area (Å²) in [4.78, 5) is 23.7. The van der Waals surface area contributed by atoms with Gasteiger partial charge in [-0.2, -0.15) is 0 Å². The summed E-state index contributed by atoms with van der Waals surface area (Å²) < 4.78 is 0. The second-order valence-electron chi connectivity index (χ2n) is 4.43. The molecule has 0 radical (unpaired) electrons. The first-order valence-electron chi connectivity index (χ1n) is 6.44. The number of rotatable bonds is 6. The van der Waals surface area contributed by atoms with Crippen molar-refractivity contribution in [3.63, 3.8) is 0 Å². The van der Waals surface area contributed by atoms with Crippen LogP contribution < -0.4 is 18.9 Å². The maximum absolute atomic E-state index is 11.9. The summed E-state index contributed by atoms with van der Waals surface area (Å²) in [5, 5.41) is 0. The van der Waals surface area contributed by atoms with E-state index in [0.29, 0.717) is 19.3 Å². The topological polar surface area (TPSA) is 34.1 Å². The molecule has 0 spiro atoms. The van der Waals surface area contributed by atoms with Gasteiger partial charge in [0, 0.05) is 24.0 Å². The predicted molar refractivity (Wildman–Crippen MR) is 86.4 cm³/mol. The number of Topliss-reactive ketones (excluding diaryl/α,β-unsaturated/α-hetero) is 2. The smallest absolute Gasteiger partial charge is 1.00 e. The van der Waals surface area contributed by atoms with Crippen molar-refractivity contribution < 1.29 is 29.9 Å². The SMILES string of the molecule is O=C(CCCC(=O)c1ccccc1)c1ccccc1.[AlH3].[H-].[Li+]. The molecule has 2 aromatic carbocycles. The van der Waals surface area contributed by atoms with Gasteiger partial charge in [0.25, 0.3) is 0 Å². The Labute approximate surface area is 149 Å². The van der Waals surface area contributed by atoms with Crippen molar-refractivity contribution in [2.75, 3.05) is 0 Å². The third-order valence-corrected chi connectivity index (χ3v) is 3.00. The first kappa shape index (κ1) is 19.9. The van der Waals surface area contributed by atoms with Crippen LogP contribution >= 0.6 is 0 Å². The number of carbonyl (C=O) groups is 2. The van der Waals surface area contributed by atoms with E-state index in [4.69, 9.17) is 0 Å². The van der Waals surface area contributed by atoms with Crippen molar-refractivity contribution in [3.05, 3.63) is 71.8 Å². The summed E-state index contributed by atoms with van der Waals surface area (Å²) in [5.74, 6) is 0.197. The Morgan fingerprint density at radius 2 is 1.05 bits per heavy atom. The molecule has 0 atom stereocenters. The molecule has 0 aliphatic rings. The van der Waals surface area contributed by atoms with E-state index in [9.17, 15) is 9.59 Å². The molecule has 2 nitrogen and oxygen atoms in total. The first-order valence-corrected chi connectivity index (χ1v) is 6.44. The van der Waals surface area contributed by atoms with Gasteiger partial charge in [0.1, 0.15) is 0 Å². The molecule has 0 amide bonds. The van der Waals surface area contributed by atoms with Crippen LogP contribution in [-0.2, 0) is 0 Å². The van der Waals surface area contributed by atoms with E-state index in [1.807, 2.05) is 36.4 Å². The van der Waals surface area contributed by atoms with E-state index in [1.54, 1.807) is 24.3 Å². The van der Waals surface area contributed by atoms with Crippen molar-refractivity contribution >= 4 is 28.9 Å². The van der Waals surface area contributed by atoms with E-state index >= 15 is 0 Å². The van der Waals surface area contributed by atoms with Crippen LogP contribution in [0.3, 0.4) is 0 Å². The van der Waals surface area contributed by atoms with Gasteiger partial charge in [-0.3, -0.25) is 9.59 Å². The standard InChI is InChI=1S/C17H16O2.Al.Li.4H/c18-16(14-8-3-1-4-9-14)12-7-13-17(19)15-10-5-2-6-11-15;;;;;;/h1-6,8-11H,7,12-13H2;;;;;;/q;;+1;;;;-1. The van der Waals surface area contributed by atoms with Crippen LogP contribution in [0.25, 0.3) is 0 Å². The number of ketones is 2. The molecule has 0 saturated heterocycles. The second-order valence-corrected chi connectivity index (χ2v) is 4.43. The molecular formula is C17H20AlLiO2. The minimum atomic E-state index is 0. The number of hydrogen-bond donors (Lipinski definition) is 0. The van der Waals surface area contributed by atoms with Gasteiger partial charge in [0.05, 0.1) is 0 Å². The van der Waals surface area contributed by atoms with Gasteiger partial charge in [-0.25, -0.2) is 0 Å². The zero-order valence-corrected chi connectivity index (χ0v) is 11.7. The van der Waals surface area contributed by atoms with Gasteiger partial charge < -0.3 is 1.43 Å². The Morgan fingerprint density at radius 1 is 0.714 bits per heavy atom. The molecule has 0 N–H and O–H groups in total. The molecule has 0 bridgehead atoms. The molecule has 2 rings (SSSR count). The fourth-order valence-corrected chi connectivity index (χ4v) is 1.95. The van der Waals surface area contributed by atoms with Crippen LogP contribution in [0.5, 0.6) is 0 Å². The van der Waals surface area contributed by atoms with Crippen LogP contribution in [0.15, 0.2) is 60.7 Å². The Hall–Kier alpha value is -1.09. The van der Waals surface area contributed by atoms with E-state index < -0.39 is 0 Å². The van der Waals surface area contributed by atoms with Crippen LogP contribution in [0, 0.1) is 0 Å². The Morgan fingerprint density at radius 3 is 1.38 bits per heavy atom. The van der Waals surface area contributed by atoms with Gasteiger partial charge in [0.15, 0.2) is 28.9 Å². The van der Waals surface area contributed by atoms with E-state index in [0.717, 1.165) is 11.1 Å². The fourth-order valence-electron chi connectivity index (χ4n) is 1.95.